The summed E-state index contributed by atoms with van der Waals surface area (Å²) in [6.07, 6.45) is 39.8. The molecule has 0 bridgehead atoms. The third-order valence-electron chi connectivity index (χ3n) is 17.0. The van der Waals surface area contributed by atoms with Crippen LogP contribution in [0.5, 0.6) is 0 Å². The Balaban J connectivity index is 0.928. The van der Waals surface area contributed by atoms with Crippen molar-refractivity contribution in [3.63, 3.8) is 0 Å². The largest absolute Gasteiger partial charge is 0.460 e. The van der Waals surface area contributed by atoms with E-state index in [1.54, 1.807) is 5.57 Å². The van der Waals surface area contributed by atoms with E-state index in [1.807, 2.05) is 0 Å². The molecule has 7 nitrogen and oxygen atoms in total. The zero-order valence-corrected chi connectivity index (χ0v) is 42.0. The number of nitrogens with zero attached hydrogens (tertiary/aromatic N) is 1. The summed E-state index contributed by atoms with van der Waals surface area (Å²) >= 11 is 0. The van der Waals surface area contributed by atoms with Crippen molar-refractivity contribution in [1.29, 1.82) is 0 Å². The van der Waals surface area contributed by atoms with E-state index in [2.05, 4.69) is 64.7 Å². The third-order valence-corrected chi connectivity index (χ3v) is 17.0. The van der Waals surface area contributed by atoms with Crippen LogP contribution in [-0.2, 0) is 28.5 Å². The minimum atomic E-state index is -0.241. The van der Waals surface area contributed by atoms with Crippen molar-refractivity contribution in [2.45, 2.75) is 214 Å². The molecule has 0 aromatic rings. The van der Waals surface area contributed by atoms with E-state index >= 15 is 0 Å². The average Bonchev–Trinajstić information content (AvgIpc) is 3.63. The second kappa shape index (κ2) is 28.8. The number of hydrogen-bond acceptors (Lipinski definition) is 7. The molecular formula is C56H99NO6. The highest BCUT2D eigenvalue weighted by Gasteiger charge is 2.59. The molecule has 4 fully saturated rings. The minimum Gasteiger partial charge on any atom is -0.460 e. The van der Waals surface area contributed by atoms with E-state index in [9.17, 15) is 4.79 Å². The number of hydrogen-bond donors (Lipinski definition) is 0. The van der Waals surface area contributed by atoms with Crippen LogP contribution in [0.4, 0.5) is 0 Å². The van der Waals surface area contributed by atoms with Crippen LogP contribution in [0.3, 0.4) is 0 Å². The number of fused-ring (bicyclic) bond motifs is 5. The quantitative estimate of drug-likeness (QED) is 0.0379. The van der Waals surface area contributed by atoms with Gasteiger partial charge in [-0.25, -0.2) is 4.79 Å². The average molecular weight is 882 g/mol. The molecule has 5 aliphatic rings. The molecule has 63 heavy (non-hydrogen) atoms. The summed E-state index contributed by atoms with van der Waals surface area (Å²) in [5.74, 6) is 4.79. The van der Waals surface area contributed by atoms with Gasteiger partial charge < -0.3 is 23.7 Å². The first-order valence-corrected chi connectivity index (χ1v) is 27.2. The Kier molecular flexibility index (Phi) is 24.1. The molecule has 0 spiro atoms. The van der Waals surface area contributed by atoms with Crippen molar-refractivity contribution in [1.82, 2.24) is 4.90 Å². The topological polar surface area (TPSA) is 66.5 Å². The molecule has 4 aliphatic carbocycles. The number of unbranched alkanes of at least 4 members (excludes halogenated alkanes) is 12. The van der Waals surface area contributed by atoms with Crippen molar-refractivity contribution in [2.75, 3.05) is 65.9 Å². The summed E-state index contributed by atoms with van der Waals surface area (Å²) in [6.45, 7) is 21.2. The van der Waals surface area contributed by atoms with Gasteiger partial charge in [-0.15, -0.1) is 0 Å². The van der Waals surface area contributed by atoms with Gasteiger partial charge in [0.2, 0.25) is 0 Å². The summed E-state index contributed by atoms with van der Waals surface area (Å²) in [5, 5.41) is 0. The number of carbonyl (C=O) groups excluding carboxylic acids is 1. The number of esters is 1. The second-order valence-corrected chi connectivity index (χ2v) is 22.1. The molecule has 1 saturated heterocycles. The van der Waals surface area contributed by atoms with Gasteiger partial charge in [0.1, 0.15) is 12.7 Å². The maximum Gasteiger partial charge on any atom is 0.332 e. The van der Waals surface area contributed by atoms with Crippen LogP contribution in [0.1, 0.15) is 202 Å². The number of ether oxygens (including phenoxy) is 5. The molecule has 0 amide bonds. The number of morpholine rings is 1. The molecule has 3 saturated carbocycles. The molecule has 0 radical (unpaired) electrons. The molecule has 364 valence electrons. The number of allylic oxidation sites excluding steroid dienone is 3. The maximum atomic E-state index is 13.0. The zero-order chi connectivity index (χ0) is 44.8. The summed E-state index contributed by atoms with van der Waals surface area (Å²) in [6, 6.07) is 0. The fourth-order valence-corrected chi connectivity index (χ4v) is 13.3. The van der Waals surface area contributed by atoms with E-state index < -0.39 is 0 Å². The van der Waals surface area contributed by atoms with Crippen LogP contribution in [0.25, 0.3) is 0 Å². The molecule has 1 heterocycles. The Morgan fingerprint density at radius 3 is 2.24 bits per heavy atom. The molecule has 9 atom stereocenters. The second-order valence-electron chi connectivity index (χ2n) is 22.1. The summed E-state index contributed by atoms with van der Waals surface area (Å²) in [7, 11) is 0. The Bertz CT molecular complexity index is 1310. The van der Waals surface area contributed by atoms with E-state index in [4.69, 9.17) is 23.7 Å². The lowest BCUT2D eigenvalue weighted by Gasteiger charge is -2.58. The van der Waals surface area contributed by atoms with E-state index in [1.165, 1.54) is 135 Å². The molecule has 0 aromatic heterocycles. The Hall–Kier alpha value is -1.25. The van der Waals surface area contributed by atoms with Crippen molar-refractivity contribution in [3.05, 3.63) is 23.8 Å². The normalized spacial score (nSPS) is 29.6. The van der Waals surface area contributed by atoms with Crippen molar-refractivity contribution >= 4 is 5.97 Å². The molecule has 7 heteroatoms. The van der Waals surface area contributed by atoms with Gasteiger partial charge in [-0.1, -0.05) is 142 Å². The lowest BCUT2D eigenvalue weighted by molar-refractivity contribution is -0.157. The smallest absolute Gasteiger partial charge is 0.332 e. The SMILES string of the molecule is CCCCCCCC/C=C\CCCCCCCCOCC(CN1CCOCC1)OCCOCC(=O)O[C@H]1CC[C@@]2(C)C(=CC[C@H]3[C@@H]4CC[C@H]([C@H](C)CCCC(C)C)[C@@]4(C)CC[C@@H]32)C1. The fourth-order valence-electron chi connectivity index (χ4n) is 13.3. The predicted octanol–water partition coefficient (Wildman–Crippen LogP) is 13.7. The van der Waals surface area contributed by atoms with Gasteiger partial charge in [0, 0.05) is 32.7 Å². The highest BCUT2D eigenvalue weighted by molar-refractivity contribution is 5.71. The molecule has 1 aliphatic heterocycles. The van der Waals surface area contributed by atoms with Crippen LogP contribution in [-0.4, -0.2) is 89.0 Å². The van der Waals surface area contributed by atoms with Crippen molar-refractivity contribution in [2.24, 2.45) is 46.3 Å². The molecule has 1 unspecified atom stereocenters. The maximum absolute atomic E-state index is 13.0. The van der Waals surface area contributed by atoms with Crippen LogP contribution in [0.15, 0.2) is 23.8 Å². The monoisotopic (exact) mass is 882 g/mol. The molecule has 0 N–H and O–H groups in total. The molecule has 0 aromatic carbocycles. The van der Waals surface area contributed by atoms with Crippen LogP contribution >= 0.6 is 0 Å². The van der Waals surface area contributed by atoms with Gasteiger partial charge in [0.15, 0.2) is 0 Å². The van der Waals surface area contributed by atoms with E-state index in [-0.39, 0.29) is 30.2 Å². The first kappa shape index (κ1) is 52.7. The predicted molar refractivity (Wildman–Crippen MR) is 261 cm³/mol. The zero-order valence-electron chi connectivity index (χ0n) is 42.0. The van der Waals surface area contributed by atoms with Crippen LogP contribution in [0, 0.1) is 46.3 Å². The van der Waals surface area contributed by atoms with Crippen LogP contribution < -0.4 is 0 Å². The van der Waals surface area contributed by atoms with Crippen molar-refractivity contribution < 1.29 is 28.5 Å². The Morgan fingerprint density at radius 2 is 1.51 bits per heavy atom. The van der Waals surface area contributed by atoms with Crippen molar-refractivity contribution in [3.8, 4) is 0 Å². The van der Waals surface area contributed by atoms with Gasteiger partial charge in [0.25, 0.3) is 0 Å². The Morgan fingerprint density at radius 1 is 0.794 bits per heavy atom. The minimum absolute atomic E-state index is 0.0151. The standard InChI is InChI=1S/C56H99NO6/c1-7-8-9-10-11-12-13-14-15-16-17-18-19-20-21-22-36-60-43-49(42-57-34-37-59-38-35-57)62-40-39-61-44-54(58)63-48-30-32-55(5)47(41-48)26-27-50-52-29-28-51(46(4)25-23-24-45(2)3)56(52,6)33-31-53(50)55/h14-15,26,45-46,48-53H,7-13,16-25,27-44H2,1-6H3/b15-14-/t46-,48+,49?,50+,51-,52+,53+,55+,56-/m1/s1. The van der Waals surface area contributed by atoms with E-state index in [0.29, 0.717) is 25.2 Å². The van der Waals surface area contributed by atoms with Gasteiger partial charge in [-0.2, -0.15) is 0 Å². The Labute approximate surface area is 388 Å². The first-order chi connectivity index (χ1) is 30.6. The molecule has 5 rings (SSSR count). The van der Waals surface area contributed by atoms with Gasteiger partial charge in [0.05, 0.1) is 39.1 Å². The number of carbonyl (C=O) groups is 1. The highest BCUT2D eigenvalue weighted by atomic mass is 16.6. The summed E-state index contributed by atoms with van der Waals surface area (Å²) < 4.78 is 29.9. The van der Waals surface area contributed by atoms with Gasteiger partial charge in [-0.3, -0.25) is 4.90 Å². The lowest BCUT2D eigenvalue weighted by atomic mass is 9.47. The first-order valence-electron chi connectivity index (χ1n) is 27.2. The van der Waals surface area contributed by atoms with Gasteiger partial charge >= 0.3 is 5.97 Å². The lowest BCUT2D eigenvalue weighted by Crippen LogP contribution is -2.51. The van der Waals surface area contributed by atoms with Crippen LogP contribution in [0.2, 0.25) is 0 Å². The summed E-state index contributed by atoms with van der Waals surface area (Å²) in [5.41, 5.74) is 2.34. The summed E-state index contributed by atoms with van der Waals surface area (Å²) in [4.78, 5) is 15.4. The highest BCUT2D eigenvalue weighted by Crippen LogP contribution is 2.67. The number of rotatable bonds is 32. The third kappa shape index (κ3) is 17.1. The molecular weight excluding hydrogens is 783 g/mol. The van der Waals surface area contributed by atoms with Gasteiger partial charge in [-0.05, 0) is 123 Å². The van der Waals surface area contributed by atoms with E-state index in [0.717, 1.165) is 101 Å². The fraction of sp³-hybridized carbons (Fsp3) is 0.911.